The van der Waals surface area contributed by atoms with Crippen LogP contribution in [0.2, 0.25) is 0 Å². The molecule has 0 spiro atoms. The number of hydrogen-bond donors (Lipinski definition) is 1. The van der Waals surface area contributed by atoms with Gasteiger partial charge in [-0.05, 0) is 32.4 Å². The van der Waals surface area contributed by atoms with Crippen LogP contribution >= 0.6 is 0 Å². The first-order valence-corrected chi connectivity index (χ1v) is 7.48. The highest BCUT2D eigenvalue weighted by atomic mass is 16.2. The van der Waals surface area contributed by atoms with E-state index in [4.69, 9.17) is 0 Å². The SMILES string of the molecule is CCCC1C(=O)NC(=O)N(C2CCCN(CC)C2)C1=O. The van der Waals surface area contributed by atoms with Gasteiger partial charge in [-0.1, -0.05) is 20.3 Å². The molecule has 2 fully saturated rings. The van der Waals surface area contributed by atoms with Crippen molar-refractivity contribution >= 4 is 17.8 Å². The number of urea groups is 1. The Morgan fingerprint density at radius 3 is 2.65 bits per heavy atom. The van der Waals surface area contributed by atoms with E-state index in [1.807, 2.05) is 6.92 Å². The summed E-state index contributed by atoms with van der Waals surface area (Å²) in [6.07, 6.45) is 3.04. The minimum absolute atomic E-state index is 0.108. The van der Waals surface area contributed by atoms with Gasteiger partial charge in [0.25, 0.3) is 0 Å². The van der Waals surface area contributed by atoms with Crippen LogP contribution in [0.4, 0.5) is 4.79 Å². The number of carbonyl (C=O) groups is 3. The summed E-state index contributed by atoms with van der Waals surface area (Å²) in [4.78, 5) is 39.8. The molecule has 0 aromatic carbocycles. The predicted molar refractivity (Wildman–Crippen MR) is 73.9 cm³/mol. The molecule has 0 aliphatic carbocycles. The van der Waals surface area contributed by atoms with Gasteiger partial charge < -0.3 is 4.90 Å². The minimum atomic E-state index is -0.699. The van der Waals surface area contributed by atoms with Crippen molar-refractivity contribution in [2.24, 2.45) is 5.92 Å². The maximum absolute atomic E-state index is 12.5. The second-order valence-corrected chi connectivity index (χ2v) is 5.53. The Bertz CT molecular complexity index is 410. The summed E-state index contributed by atoms with van der Waals surface area (Å²) < 4.78 is 0. The molecule has 2 rings (SSSR count). The van der Waals surface area contributed by atoms with Crippen molar-refractivity contribution in [3.8, 4) is 0 Å². The third kappa shape index (κ3) is 2.85. The fourth-order valence-electron chi connectivity index (χ4n) is 3.05. The highest BCUT2D eigenvalue weighted by Crippen LogP contribution is 2.23. The van der Waals surface area contributed by atoms with Crippen LogP contribution in [0.3, 0.4) is 0 Å². The fraction of sp³-hybridized carbons (Fsp3) is 0.786. The van der Waals surface area contributed by atoms with Crippen molar-refractivity contribution in [3.63, 3.8) is 0 Å². The van der Waals surface area contributed by atoms with E-state index in [0.29, 0.717) is 13.0 Å². The number of imide groups is 2. The molecule has 4 amide bonds. The van der Waals surface area contributed by atoms with Crippen LogP contribution in [0.15, 0.2) is 0 Å². The molecule has 0 aromatic rings. The van der Waals surface area contributed by atoms with E-state index < -0.39 is 17.9 Å². The molecule has 2 aliphatic heterocycles. The molecule has 2 aliphatic rings. The van der Waals surface area contributed by atoms with E-state index in [1.54, 1.807) is 0 Å². The molecule has 0 saturated carbocycles. The minimum Gasteiger partial charge on any atom is -0.302 e. The first-order chi connectivity index (χ1) is 9.58. The number of barbiturate groups is 1. The molecule has 2 atom stereocenters. The third-order valence-corrected chi connectivity index (χ3v) is 4.17. The Labute approximate surface area is 119 Å². The summed E-state index contributed by atoms with van der Waals surface area (Å²) in [5, 5.41) is 2.33. The largest absolute Gasteiger partial charge is 0.331 e. The number of piperidine rings is 1. The van der Waals surface area contributed by atoms with Gasteiger partial charge in [-0.2, -0.15) is 0 Å². The highest BCUT2D eigenvalue weighted by Gasteiger charge is 2.43. The molecule has 0 bridgehead atoms. The van der Waals surface area contributed by atoms with Gasteiger partial charge in [-0.25, -0.2) is 4.79 Å². The third-order valence-electron chi connectivity index (χ3n) is 4.17. The van der Waals surface area contributed by atoms with Gasteiger partial charge in [0.15, 0.2) is 0 Å². The van der Waals surface area contributed by atoms with Crippen LogP contribution in [-0.2, 0) is 9.59 Å². The number of carbonyl (C=O) groups excluding carboxylic acids is 3. The molecule has 2 unspecified atom stereocenters. The Hall–Kier alpha value is -1.43. The lowest BCUT2D eigenvalue weighted by molar-refractivity contribution is -0.145. The Morgan fingerprint density at radius 1 is 1.25 bits per heavy atom. The Morgan fingerprint density at radius 2 is 2.00 bits per heavy atom. The van der Waals surface area contributed by atoms with Crippen LogP contribution in [0.1, 0.15) is 39.5 Å². The second kappa shape index (κ2) is 6.35. The summed E-state index contributed by atoms with van der Waals surface area (Å²) in [6.45, 7) is 6.64. The molecule has 6 nitrogen and oxygen atoms in total. The number of likely N-dealkylation sites (tertiary alicyclic amines) is 1. The zero-order valence-electron chi connectivity index (χ0n) is 12.2. The van der Waals surface area contributed by atoms with Crippen molar-refractivity contribution in [1.82, 2.24) is 15.1 Å². The van der Waals surface area contributed by atoms with Gasteiger partial charge in [0.1, 0.15) is 5.92 Å². The Balaban J connectivity index is 2.14. The number of nitrogens with one attached hydrogen (secondary N) is 1. The summed E-state index contributed by atoms with van der Waals surface area (Å²) in [7, 11) is 0. The summed E-state index contributed by atoms with van der Waals surface area (Å²) >= 11 is 0. The molecule has 2 saturated heterocycles. The van der Waals surface area contributed by atoms with Crippen molar-refractivity contribution in [2.45, 2.75) is 45.6 Å². The smallest absolute Gasteiger partial charge is 0.302 e. The van der Waals surface area contributed by atoms with Crippen LogP contribution < -0.4 is 5.32 Å². The number of rotatable bonds is 4. The van der Waals surface area contributed by atoms with Crippen molar-refractivity contribution in [1.29, 1.82) is 0 Å². The van der Waals surface area contributed by atoms with Gasteiger partial charge >= 0.3 is 6.03 Å². The summed E-state index contributed by atoms with van der Waals surface area (Å²) in [5.41, 5.74) is 0. The zero-order valence-corrected chi connectivity index (χ0v) is 12.2. The zero-order chi connectivity index (χ0) is 14.7. The van der Waals surface area contributed by atoms with Gasteiger partial charge in [-0.3, -0.25) is 19.8 Å². The van der Waals surface area contributed by atoms with Crippen LogP contribution in [0.5, 0.6) is 0 Å². The lowest BCUT2D eigenvalue weighted by Crippen LogP contribution is -2.63. The van der Waals surface area contributed by atoms with E-state index in [2.05, 4.69) is 17.1 Å². The average molecular weight is 281 g/mol. The second-order valence-electron chi connectivity index (χ2n) is 5.53. The molecule has 1 N–H and O–H groups in total. The van der Waals surface area contributed by atoms with Crippen molar-refractivity contribution in [2.75, 3.05) is 19.6 Å². The highest BCUT2D eigenvalue weighted by molar-refractivity contribution is 6.16. The first-order valence-electron chi connectivity index (χ1n) is 7.48. The molecule has 2 heterocycles. The van der Waals surface area contributed by atoms with Crippen molar-refractivity contribution in [3.05, 3.63) is 0 Å². The van der Waals surface area contributed by atoms with E-state index >= 15 is 0 Å². The monoisotopic (exact) mass is 281 g/mol. The first kappa shape index (κ1) is 15.0. The molecule has 6 heteroatoms. The quantitative estimate of drug-likeness (QED) is 0.779. The number of hydrogen-bond acceptors (Lipinski definition) is 4. The standard InChI is InChI=1S/C14H23N3O3/c1-3-6-11-12(18)15-14(20)17(13(11)19)10-7-5-8-16(4-2)9-10/h10-11H,3-9H2,1-2H3,(H,15,18,20). The number of likely N-dealkylation sites (N-methyl/N-ethyl adjacent to an activating group) is 1. The van der Waals surface area contributed by atoms with Gasteiger partial charge in [0.05, 0.1) is 6.04 Å². The lowest BCUT2D eigenvalue weighted by atomic mass is 9.96. The number of amides is 4. The molecule has 20 heavy (non-hydrogen) atoms. The molecule has 112 valence electrons. The number of nitrogens with zero attached hydrogens (tertiary/aromatic N) is 2. The maximum atomic E-state index is 12.5. The molecule has 0 aromatic heterocycles. The van der Waals surface area contributed by atoms with Crippen LogP contribution in [-0.4, -0.2) is 53.3 Å². The van der Waals surface area contributed by atoms with Crippen LogP contribution in [0, 0.1) is 5.92 Å². The lowest BCUT2D eigenvalue weighted by Gasteiger charge is -2.40. The Kier molecular flexibility index (Phi) is 4.75. The summed E-state index contributed by atoms with van der Waals surface area (Å²) in [6, 6.07) is -0.654. The molecule has 0 radical (unpaired) electrons. The van der Waals surface area contributed by atoms with Gasteiger partial charge in [-0.15, -0.1) is 0 Å². The normalized spacial score (nSPS) is 28.7. The maximum Gasteiger partial charge on any atom is 0.331 e. The molecular formula is C14H23N3O3. The molecular weight excluding hydrogens is 258 g/mol. The van der Waals surface area contributed by atoms with E-state index in [0.717, 1.165) is 32.4 Å². The fourth-order valence-corrected chi connectivity index (χ4v) is 3.05. The van der Waals surface area contributed by atoms with Gasteiger partial charge in [0, 0.05) is 6.54 Å². The van der Waals surface area contributed by atoms with E-state index in [-0.39, 0.29) is 11.9 Å². The van der Waals surface area contributed by atoms with E-state index in [9.17, 15) is 14.4 Å². The van der Waals surface area contributed by atoms with Gasteiger partial charge in [0.2, 0.25) is 11.8 Å². The topological polar surface area (TPSA) is 69.7 Å². The average Bonchev–Trinajstić information content (AvgIpc) is 2.43. The van der Waals surface area contributed by atoms with Crippen LogP contribution in [0.25, 0.3) is 0 Å². The van der Waals surface area contributed by atoms with E-state index in [1.165, 1.54) is 4.90 Å². The predicted octanol–water partition coefficient (Wildman–Crippen LogP) is 0.965. The van der Waals surface area contributed by atoms with Crippen molar-refractivity contribution < 1.29 is 14.4 Å². The summed E-state index contributed by atoms with van der Waals surface area (Å²) in [5.74, 6) is -1.46.